The fraction of sp³-hybridized carbons (Fsp3) is 0.192. The Hall–Kier alpha value is -3.05. The van der Waals surface area contributed by atoms with Crippen LogP contribution in [0.4, 0.5) is 5.69 Å². The molecular weight excluding hydrogens is 454 g/mol. The molecule has 3 aliphatic carbocycles. The Labute approximate surface area is 188 Å². The van der Waals surface area contributed by atoms with Crippen molar-refractivity contribution in [1.82, 2.24) is 0 Å². The number of carbonyl (C=O) groups is 3. The van der Waals surface area contributed by atoms with Gasteiger partial charge in [0.1, 0.15) is 6.29 Å². The van der Waals surface area contributed by atoms with E-state index in [4.69, 9.17) is 0 Å². The van der Waals surface area contributed by atoms with Gasteiger partial charge in [0.2, 0.25) is 11.8 Å². The Morgan fingerprint density at radius 1 is 0.903 bits per heavy atom. The van der Waals surface area contributed by atoms with Crippen LogP contribution >= 0.6 is 15.9 Å². The van der Waals surface area contributed by atoms with Gasteiger partial charge in [-0.3, -0.25) is 9.59 Å². The first-order valence-corrected chi connectivity index (χ1v) is 11.1. The summed E-state index contributed by atoms with van der Waals surface area (Å²) in [4.78, 5) is 41.9. The van der Waals surface area contributed by atoms with Crippen LogP contribution in [0.15, 0.2) is 71.2 Å². The minimum Gasteiger partial charge on any atom is -0.302 e. The van der Waals surface area contributed by atoms with Gasteiger partial charge in [-0.1, -0.05) is 54.6 Å². The van der Waals surface area contributed by atoms with Crippen molar-refractivity contribution >= 4 is 39.7 Å². The summed E-state index contributed by atoms with van der Waals surface area (Å²) in [6.45, 7) is 1.96. The Morgan fingerprint density at radius 3 is 2.10 bits per heavy atom. The van der Waals surface area contributed by atoms with E-state index in [0.29, 0.717) is 10.2 Å². The number of rotatable bonds is 2. The molecule has 3 aromatic carbocycles. The Morgan fingerprint density at radius 2 is 1.52 bits per heavy atom. The molecule has 152 valence electrons. The van der Waals surface area contributed by atoms with E-state index in [2.05, 4.69) is 15.9 Å². The second-order valence-corrected chi connectivity index (χ2v) is 9.46. The van der Waals surface area contributed by atoms with Crippen LogP contribution in [0.3, 0.4) is 0 Å². The van der Waals surface area contributed by atoms with Crippen molar-refractivity contribution in [2.24, 2.45) is 11.8 Å². The van der Waals surface area contributed by atoms with E-state index in [1.165, 1.54) is 4.90 Å². The van der Waals surface area contributed by atoms with Crippen LogP contribution in [0.25, 0.3) is 0 Å². The van der Waals surface area contributed by atoms with E-state index in [1.54, 1.807) is 6.07 Å². The molecule has 0 spiro atoms. The van der Waals surface area contributed by atoms with Crippen LogP contribution in [-0.4, -0.2) is 18.1 Å². The summed E-state index contributed by atoms with van der Waals surface area (Å²) >= 11 is 3.53. The molecule has 3 aromatic rings. The third-order valence-corrected chi connectivity index (χ3v) is 7.85. The van der Waals surface area contributed by atoms with E-state index in [9.17, 15) is 14.4 Å². The fourth-order valence-electron chi connectivity index (χ4n) is 6.06. The molecule has 7 rings (SSSR count). The molecule has 2 amide bonds. The molecule has 2 bridgehead atoms. The number of hydrogen-bond donors (Lipinski definition) is 0. The van der Waals surface area contributed by atoms with Crippen LogP contribution < -0.4 is 4.90 Å². The summed E-state index contributed by atoms with van der Waals surface area (Å²) in [6.07, 6.45) is 0.899. The summed E-state index contributed by atoms with van der Waals surface area (Å²) in [6, 6.07) is 21.1. The Balaban J connectivity index is 1.65. The lowest BCUT2D eigenvalue weighted by Crippen LogP contribution is -2.54. The highest BCUT2D eigenvalue weighted by molar-refractivity contribution is 9.10. The summed E-state index contributed by atoms with van der Waals surface area (Å²) < 4.78 is 0.690. The third kappa shape index (κ3) is 2.12. The predicted molar refractivity (Wildman–Crippen MR) is 120 cm³/mol. The normalized spacial score (nSPS) is 27.7. The highest BCUT2D eigenvalue weighted by Crippen LogP contribution is 2.63. The maximum atomic E-state index is 13.9. The molecule has 4 aliphatic rings. The van der Waals surface area contributed by atoms with Gasteiger partial charge in [0, 0.05) is 10.4 Å². The van der Waals surface area contributed by atoms with Gasteiger partial charge in [-0.15, -0.1) is 0 Å². The average molecular weight is 472 g/mol. The number of hydrogen-bond acceptors (Lipinski definition) is 3. The van der Waals surface area contributed by atoms with Gasteiger partial charge < -0.3 is 4.79 Å². The van der Waals surface area contributed by atoms with Gasteiger partial charge >= 0.3 is 0 Å². The first-order chi connectivity index (χ1) is 15.0. The number of amides is 2. The zero-order chi connectivity index (χ0) is 21.5. The lowest BCUT2D eigenvalue weighted by atomic mass is 9.48. The van der Waals surface area contributed by atoms with Crippen LogP contribution in [0.2, 0.25) is 0 Å². The molecule has 0 saturated carbocycles. The van der Waals surface area contributed by atoms with E-state index < -0.39 is 17.3 Å². The van der Waals surface area contributed by atoms with E-state index in [1.807, 2.05) is 67.6 Å². The van der Waals surface area contributed by atoms with Crippen molar-refractivity contribution in [3.63, 3.8) is 0 Å². The summed E-state index contributed by atoms with van der Waals surface area (Å²) in [5, 5.41) is 0. The third-order valence-electron chi connectivity index (χ3n) is 7.21. The van der Waals surface area contributed by atoms with Gasteiger partial charge in [-0.2, -0.15) is 0 Å². The van der Waals surface area contributed by atoms with Crippen LogP contribution in [0.1, 0.15) is 33.7 Å². The van der Waals surface area contributed by atoms with Crippen LogP contribution in [0.5, 0.6) is 0 Å². The summed E-state index contributed by atoms with van der Waals surface area (Å²) in [5.41, 5.74) is 4.04. The number of imide groups is 1. The van der Waals surface area contributed by atoms with Gasteiger partial charge in [0.25, 0.3) is 0 Å². The smallest absolute Gasteiger partial charge is 0.239 e. The molecule has 31 heavy (non-hydrogen) atoms. The van der Waals surface area contributed by atoms with Crippen molar-refractivity contribution in [2.75, 3.05) is 4.90 Å². The fourth-order valence-corrected chi connectivity index (χ4v) is 6.73. The average Bonchev–Trinajstić information content (AvgIpc) is 3.05. The second kappa shape index (κ2) is 6.24. The molecular formula is C26H18BrNO3. The van der Waals surface area contributed by atoms with E-state index >= 15 is 0 Å². The van der Waals surface area contributed by atoms with Crippen molar-refractivity contribution in [3.8, 4) is 0 Å². The van der Waals surface area contributed by atoms with Crippen LogP contribution in [-0.2, 0) is 19.8 Å². The van der Waals surface area contributed by atoms with Gasteiger partial charge in [-0.25, -0.2) is 4.90 Å². The van der Waals surface area contributed by atoms with Crippen molar-refractivity contribution in [1.29, 1.82) is 0 Å². The topological polar surface area (TPSA) is 54.5 Å². The highest BCUT2D eigenvalue weighted by atomic mass is 79.9. The number of aldehydes is 1. The molecule has 0 aromatic heterocycles. The van der Waals surface area contributed by atoms with Crippen molar-refractivity contribution in [2.45, 2.75) is 18.3 Å². The number of nitrogens with zero attached hydrogens (tertiary/aromatic N) is 1. The molecule has 0 unspecified atom stereocenters. The van der Waals surface area contributed by atoms with Gasteiger partial charge in [0.05, 0.1) is 22.9 Å². The molecule has 0 radical (unpaired) electrons. The zero-order valence-electron chi connectivity index (χ0n) is 16.7. The van der Waals surface area contributed by atoms with E-state index in [0.717, 1.165) is 34.1 Å². The first-order valence-electron chi connectivity index (χ1n) is 10.3. The first kappa shape index (κ1) is 18.7. The largest absolute Gasteiger partial charge is 0.302 e. The number of carbonyl (C=O) groups excluding carboxylic acids is 3. The maximum absolute atomic E-state index is 13.9. The van der Waals surface area contributed by atoms with Crippen LogP contribution in [0, 0.1) is 18.8 Å². The Bertz CT molecular complexity index is 1270. The Kier molecular flexibility index (Phi) is 3.76. The standard InChI is InChI=1S/C26H18BrNO3/c1-14-10-11-20(19(27)12-14)28-24(30)22-21-15-6-2-4-8-17(15)26(13-29,23(22)25(28)31)18-9-5-3-7-16(18)21/h2-13,21-23H,1H3/t21?,22-,23+,26?/m0/s1. The summed E-state index contributed by atoms with van der Waals surface area (Å²) in [5.74, 6) is -2.14. The minimum atomic E-state index is -1.16. The molecule has 1 saturated heterocycles. The quantitative estimate of drug-likeness (QED) is 0.408. The molecule has 1 aliphatic heterocycles. The number of aryl methyl sites for hydroxylation is 1. The van der Waals surface area contributed by atoms with Gasteiger partial charge in [-0.05, 0) is 62.8 Å². The van der Waals surface area contributed by atoms with E-state index in [-0.39, 0.29) is 17.7 Å². The van der Waals surface area contributed by atoms with Crippen molar-refractivity contribution < 1.29 is 14.4 Å². The molecule has 1 heterocycles. The van der Waals surface area contributed by atoms with Gasteiger partial charge in [0.15, 0.2) is 0 Å². The molecule has 0 N–H and O–H groups in total. The minimum absolute atomic E-state index is 0.236. The maximum Gasteiger partial charge on any atom is 0.239 e. The molecule has 4 nitrogen and oxygen atoms in total. The molecule has 2 atom stereocenters. The lowest BCUT2D eigenvalue weighted by Gasteiger charge is -2.51. The summed E-state index contributed by atoms with van der Waals surface area (Å²) in [7, 11) is 0. The lowest BCUT2D eigenvalue weighted by molar-refractivity contribution is -0.128. The molecule has 5 heteroatoms. The second-order valence-electron chi connectivity index (χ2n) is 8.61. The predicted octanol–water partition coefficient (Wildman–Crippen LogP) is 4.51. The monoisotopic (exact) mass is 471 g/mol. The highest BCUT2D eigenvalue weighted by Gasteiger charge is 2.68. The molecule has 1 fully saturated rings. The number of anilines is 1. The zero-order valence-corrected chi connectivity index (χ0v) is 18.3. The number of halogens is 1. The SMILES string of the molecule is Cc1ccc(N2C(=O)[C@H]3C4c5ccccc5C(C=O)(c5ccccc54)[C@H]3C2=O)c(Br)c1. The number of benzene rings is 3. The van der Waals surface area contributed by atoms with Crippen molar-refractivity contribution in [3.05, 3.63) is 99.0 Å².